The summed E-state index contributed by atoms with van der Waals surface area (Å²) < 4.78 is 0. The Morgan fingerprint density at radius 2 is 1.25 bits per heavy atom. The summed E-state index contributed by atoms with van der Waals surface area (Å²) in [6, 6.07) is 0. The highest BCUT2D eigenvalue weighted by atomic mass is 35.5. The number of aromatic nitrogens is 2. The summed E-state index contributed by atoms with van der Waals surface area (Å²) in [7, 11) is 0. The number of fused-ring (bicyclic) bond motifs is 2. The maximum absolute atomic E-state index is 12.4. The van der Waals surface area contributed by atoms with E-state index in [0.717, 1.165) is 0 Å². The van der Waals surface area contributed by atoms with Crippen LogP contribution in [0.2, 0.25) is 0 Å². The zero-order chi connectivity index (χ0) is 14.3. The molecule has 3 rings (SSSR count). The number of rotatable bonds is 2. The molecule has 0 bridgehead atoms. The average Bonchev–Trinajstić information content (AvgIpc) is 2.51. The fraction of sp³-hybridized carbons (Fsp3) is 0.286. The van der Waals surface area contributed by atoms with Gasteiger partial charge in [-0.05, 0) is 0 Å². The highest BCUT2D eigenvalue weighted by Gasteiger charge is 2.42. The molecule has 2 unspecified atom stereocenters. The Bertz CT molecular complexity index is 610. The van der Waals surface area contributed by atoms with E-state index in [1.807, 2.05) is 0 Å². The topological polar surface area (TPSA) is 59.9 Å². The lowest BCUT2D eigenvalue weighted by Gasteiger charge is -2.27. The summed E-state index contributed by atoms with van der Waals surface area (Å²) in [6.07, 6.45) is 6.98. The van der Waals surface area contributed by atoms with Gasteiger partial charge in [-0.25, -0.2) is 9.97 Å². The van der Waals surface area contributed by atoms with Crippen LogP contribution in [0.15, 0.2) is 24.3 Å². The lowest BCUT2D eigenvalue weighted by Crippen LogP contribution is -2.37. The summed E-state index contributed by atoms with van der Waals surface area (Å²) in [5.74, 6) is -1.14. The van der Waals surface area contributed by atoms with Crippen molar-refractivity contribution in [1.82, 2.24) is 9.97 Å². The number of nitrogens with zero attached hydrogens (tertiary/aromatic N) is 2. The van der Waals surface area contributed by atoms with Gasteiger partial charge in [-0.2, -0.15) is 0 Å². The predicted octanol–water partition coefficient (Wildman–Crippen LogP) is 2.69. The molecule has 0 aromatic carbocycles. The van der Waals surface area contributed by atoms with Gasteiger partial charge < -0.3 is 0 Å². The van der Waals surface area contributed by atoms with Crippen LogP contribution in [0.25, 0.3) is 0 Å². The van der Waals surface area contributed by atoms with Crippen molar-refractivity contribution in [1.29, 1.82) is 0 Å². The number of hydrogen-bond donors (Lipinski definition) is 0. The number of alkyl halides is 2. The SMILES string of the molecule is O=C1c2nc(CCl)c(CCl)nc2C(=O)C2C=CC=CC12. The second kappa shape index (κ2) is 5.11. The van der Waals surface area contributed by atoms with Crippen molar-refractivity contribution in [3.05, 3.63) is 47.1 Å². The van der Waals surface area contributed by atoms with Crippen LogP contribution in [0.4, 0.5) is 0 Å². The number of carbonyl (C=O) groups is 2. The molecule has 0 radical (unpaired) electrons. The quantitative estimate of drug-likeness (QED) is 0.788. The number of Topliss-reactive ketones (excluding diaryl/α,β-unsaturated/α-hetero) is 2. The van der Waals surface area contributed by atoms with E-state index in [1.54, 1.807) is 24.3 Å². The van der Waals surface area contributed by atoms with E-state index < -0.39 is 11.8 Å². The molecule has 0 saturated carbocycles. The van der Waals surface area contributed by atoms with Crippen LogP contribution in [0.1, 0.15) is 32.4 Å². The van der Waals surface area contributed by atoms with E-state index in [2.05, 4.69) is 9.97 Å². The Balaban J connectivity index is 2.19. The van der Waals surface area contributed by atoms with Gasteiger partial charge in [0, 0.05) is 0 Å². The van der Waals surface area contributed by atoms with Crippen LogP contribution in [0, 0.1) is 11.8 Å². The third-order valence-electron chi connectivity index (χ3n) is 3.51. The third-order valence-corrected chi connectivity index (χ3v) is 4.02. The molecule has 0 amide bonds. The van der Waals surface area contributed by atoms with Crippen molar-refractivity contribution in [2.45, 2.75) is 11.8 Å². The first-order chi connectivity index (χ1) is 9.67. The molecular formula is C14H10Cl2N2O2. The van der Waals surface area contributed by atoms with E-state index in [9.17, 15) is 9.59 Å². The van der Waals surface area contributed by atoms with Crippen LogP contribution in [0.3, 0.4) is 0 Å². The minimum atomic E-state index is -0.487. The van der Waals surface area contributed by atoms with Crippen LogP contribution in [0.5, 0.6) is 0 Å². The fourth-order valence-corrected chi connectivity index (χ4v) is 2.91. The Labute approximate surface area is 125 Å². The van der Waals surface area contributed by atoms with Crippen molar-refractivity contribution in [3.63, 3.8) is 0 Å². The van der Waals surface area contributed by atoms with Crippen molar-refractivity contribution < 1.29 is 9.59 Å². The molecule has 2 aliphatic carbocycles. The first kappa shape index (κ1) is 13.5. The number of carbonyl (C=O) groups excluding carboxylic acids is 2. The first-order valence-corrected chi connectivity index (χ1v) is 7.19. The van der Waals surface area contributed by atoms with Gasteiger partial charge >= 0.3 is 0 Å². The van der Waals surface area contributed by atoms with Gasteiger partial charge in [0.15, 0.2) is 11.6 Å². The van der Waals surface area contributed by atoms with E-state index in [1.165, 1.54) is 0 Å². The van der Waals surface area contributed by atoms with Crippen molar-refractivity contribution >= 4 is 34.8 Å². The van der Waals surface area contributed by atoms with Crippen LogP contribution in [-0.2, 0) is 11.8 Å². The van der Waals surface area contributed by atoms with E-state index in [0.29, 0.717) is 11.4 Å². The summed E-state index contributed by atoms with van der Waals surface area (Å²) in [5.41, 5.74) is 1.13. The van der Waals surface area contributed by atoms with Crippen molar-refractivity contribution in [2.75, 3.05) is 0 Å². The molecule has 1 heterocycles. The van der Waals surface area contributed by atoms with Crippen LogP contribution >= 0.6 is 23.2 Å². The van der Waals surface area contributed by atoms with Gasteiger partial charge in [0.1, 0.15) is 11.4 Å². The predicted molar refractivity (Wildman–Crippen MR) is 75.1 cm³/mol. The molecule has 0 N–H and O–H groups in total. The molecule has 0 spiro atoms. The smallest absolute Gasteiger partial charge is 0.191 e. The molecule has 6 heteroatoms. The van der Waals surface area contributed by atoms with Gasteiger partial charge in [0.25, 0.3) is 0 Å². The normalized spacial score (nSPS) is 23.7. The standard InChI is InChI=1S/C14H10Cl2N2O2/c15-5-9-10(6-16)18-12-11(17-9)13(19)7-3-1-2-4-8(7)14(12)20/h1-4,7-8H,5-6H2. The lowest BCUT2D eigenvalue weighted by molar-refractivity contribution is 0.0792. The Morgan fingerprint density at radius 1 is 0.850 bits per heavy atom. The highest BCUT2D eigenvalue weighted by Crippen LogP contribution is 2.33. The number of ketones is 2. The van der Waals surface area contributed by atoms with Gasteiger partial charge in [-0.15, -0.1) is 23.2 Å². The highest BCUT2D eigenvalue weighted by molar-refractivity contribution is 6.19. The molecule has 4 nitrogen and oxygen atoms in total. The first-order valence-electron chi connectivity index (χ1n) is 6.12. The summed E-state index contributed by atoms with van der Waals surface area (Å²) in [6.45, 7) is 0. The molecule has 1 aromatic rings. The second-order valence-corrected chi connectivity index (χ2v) is 5.17. The number of hydrogen-bond acceptors (Lipinski definition) is 4. The van der Waals surface area contributed by atoms with Gasteiger partial charge in [-0.1, -0.05) is 24.3 Å². The molecule has 2 atom stereocenters. The monoisotopic (exact) mass is 308 g/mol. The van der Waals surface area contributed by atoms with Gasteiger partial charge in [-0.3, -0.25) is 9.59 Å². The minimum Gasteiger partial charge on any atom is -0.292 e. The molecule has 0 saturated heterocycles. The average molecular weight is 309 g/mol. The van der Waals surface area contributed by atoms with Crippen LogP contribution in [-0.4, -0.2) is 21.5 Å². The van der Waals surface area contributed by atoms with Gasteiger partial charge in [0.05, 0.1) is 35.0 Å². The Morgan fingerprint density at radius 3 is 1.60 bits per heavy atom. The van der Waals surface area contributed by atoms with Gasteiger partial charge in [0.2, 0.25) is 0 Å². The maximum Gasteiger partial charge on any atom is 0.191 e. The maximum atomic E-state index is 12.4. The molecule has 1 aromatic heterocycles. The molecule has 102 valence electrons. The number of allylic oxidation sites excluding steroid dienone is 4. The van der Waals surface area contributed by atoms with Crippen molar-refractivity contribution in [2.24, 2.45) is 11.8 Å². The van der Waals surface area contributed by atoms with E-state index in [4.69, 9.17) is 23.2 Å². The number of halogens is 2. The molecule has 2 aliphatic rings. The molecule has 20 heavy (non-hydrogen) atoms. The largest absolute Gasteiger partial charge is 0.292 e. The summed E-state index contributed by atoms with van der Waals surface area (Å²) >= 11 is 11.6. The van der Waals surface area contributed by atoms with E-state index >= 15 is 0 Å². The third kappa shape index (κ3) is 1.91. The molecule has 0 fully saturated rings. The zero-order valence-corrected chi connectivity index (χ0v) is 11.9. The Hall–Kier alpha value is -1.52. The molecule has 0 aliphatic heterocycles. The lowest BCUT2D eigenvalue weighted by atomic mass is 9.75. The second-order valence-electron chi connectivity index (χ2n) is 4.63. The van der Waals surface area contributed by atoms with Crippen molar-refractivity contribution in [3.8, 4) is 0 Å². The zero-order valence-electron chi connectivity index (χ0n) is 10.3. The summed E-state index contributed by atoms with van der Waals surface area (Å²) in [4.78, 5) is 33.3. The minimum absolute atomic E-state index is 0.105. The van der Waals surface area contributed by atoms with E-state index in [-0.39, 0.29) is 34.7 Å². The van der Waals surface area contributed by atoms with Crippen LogP contribution < -0.4 is 0 Å². The molecular weight excluding hydrogens is 299 g/mol. The summed E-state index contributed by atoms with van der Waals surface area (Å²) in [5, 5.41) is 0. The fourth-order valence-electron chi connectivity index (χ4n) is 2.49. The Kier molecular flexibility index (Phi) is 3.44.